The Morgan fingerprint density at radius 2 is 1.87 bits per heavy atom. The number of nitrogens with one attached hydrogen (secondary N) is 1. The Kier molecular flexibility index (Phi) is 4.08. The molecule has 88 valence electrons. The van der Waals surface area contributed by atoms with Crippen LogP contribution in [-0.2, 0) is 9.59 Å². The van der Waals surface area contributed by atoms with Crippen LogP contribution >= 0.6 is 0 Å². The Hall–Kier alpha value is -1.31. The number of amides is 1. The molecule has 0 aliphatic heterocycles. The molecule has 0 spiro atoms. The maximum Gasteiger partial charge on any atom is 0.415 e. The summed E-state index contributed by atoms with van der Waals surface area (Å²) < 4.78 is 36.5. The van der Waals surface area contributed by atoms with Crippen molar-refractivity contribution in [2.45, 2.75) is 25.1 Å². The maximum atomic E-state index is 12.2. The Balaban J connectivity index is 4.27. The monoisotopic (exact) mass is 228 g/mol. The topological polar surface area (TPSA) is 92.4 Å². The van der Waals surface area contributed by atoms with Crippen LogP contribution in [0.2, 0.25) is 0 Å². The summed E-state index contributed by atoms with van der Waals surface area (Å²) in [6.45, 7) is 0.125. The van der Waals surface area contributed by atoms with Crippen LogP contribution in [0, 0.1) is 0 Å². The van der Waals surface area contributed by atoms with E-state index >= 15 is 0 Å². The molecule has 0 bridgehead atoms. The minimum Gasteiger partial charge on any atom is -0.481 e. The van der Waals surface area contributed by atoms with E-state index in [4.69, 9.17) is 10.8 Å². The molecule has 5 nitrogen and oxygen atoms in total. The van der Waals surface area contributed by atoms with Gasteiger partial charge in [-0.05, 0) is 6.92 Å². The van der Waals surface area contributed by atoms with E-state index in [9.17, 15) is 22.8 Å². The molecule has 1 unspecified atom stereocenters. The highest BCUT2D eigenvalue weighted by molar-refractivity contribution is 5.86. The number of halogens is 3. The lowest BCUT2D eigenvalue weighted by Crippen LogP contribution is -2.61. The first-order valence-electron chi connectivity index (χ1n) is 3.94. The SMILES string of the molecule is CC(N)(C(=O)NCCC(=O)O)C(F)(F)F. The minimum absolute atomic E-state index is 0.392. The molecule has 0 heterocycles. The highest BCUT2D eigenvalue weighted by atomic mass is 19.4. The predicted octanol–water partition coefficient (Wildman–Crippen LogP) is -0.143. The summed E-state index contributed by atoms with van der Waals surface area (Å²) in [5.74, 6) is -2.67. The van der Waals surface area contributed by atoms with E-state index in [-0.39, 0.29) is 0 Å². The van der Waals surface area contributed by atoms with Gasteiger partial charge in [-0.3, -0.25) is 9.59 Å². The average molecular weight is 228 g/mol. The van der Waals surface area contributed by atoms with Crippen LogP contribution in [-0.4, -0.2) is 35.2 Å². The lowest BCUT2D eigenvalue weighted by atomic mass is 10.0. The fourth-order valence-corrected chi connectivity index (χ4v) is 0.595. The number of hydrogen-bond acceptors (Lipinski definition) is 3. The Morgan fingerprint density at radius 1 is 1.40 bits per heavy atom. The zero-order valence-corrected chi connectivity index (χ0v) is 7.89. The molecule has 1 amide bonds. The van der Waals surface area contributed by atoms with Crippen LogP contribution in [0.1, 0.15) is 13.3 Å². The summed E-state index contributed by atoms with van der Waals surface area (Å²) in [5, 5.41) is 9.98. The second-order valence-corrected chi connectivity index (χ2v) is 3.10. The van der Waals surface area contributed by atoms with Gasteiger partial charge in [-0.1, -0.05) is 0 Å². The van der Waals surface area contributed by atoms with Crippen LogP contribution < -0.4 is 11.1 Å². The van der Waals surface area contributed by atoms with Gasteiger partial charge in [0.25, 0.3) is 0 Å². The third kappa shape index (κ3) is 3.74. The largest absolute Gasteiger partial charge is 0.481 e. The molecule has 0 aromatic heterocycles. The van der Waals surface area contributed by atoms with Crippen LogP contribution in [0.25, 0.3) is 0 Å². The Bertz CT molecular complexity index is 263. The highest BCUT2D eigenvalue weighted by Crippen LogP contribution is 2.27. The molecule has 0 radical (unpaired) electrons. The van der Waals surface area contributed by atoms with E-state index in [1.54, 1.807) is 5.32 Å². The third-order valence-corrected chi connectivity index (χ3v) is 1.68. The number of aliphatic carboxylic acids is 1. The Morgan fingerprint density at radius 3 is 2.20 bits per heavy atom. The molecule has 0 aliphatic carbocycles. The van der Waals surface area contributed by atoms with E-state index in [2.05, 4.69) is 0 Å². The van der Waals surface area contributed by atoms with Gasteiger partial charge in [-0.2, -0.15) is 13.2 Å². The van der Waals surface area contributed by atoms with E-state index in [0.717, 1.165) is 0 Å². The zero-order valence-electron chi connectivity index (χ0n) is 7.89. The van der Waals surface area contributed by atoms with Crippen molar-refractivity contribution in [1.29, 1.82) is 0 Å². The first-order valence-corrected chi connectivity index (χ1v) is 3.94. The smallest absolute Gasteiger partial charge is 0.415 e. The van der Waals surface area contributed by atoms with E-state index in [1.165, 1.54) is 0 Å². The molecule has 0 aliphatic rings. The molecule has 0 saturated carbocycles. The van der Waals surface area contributed by atoms with Crippen molar-refractivity contribution >= 4 is 11.9 Å². The van der Waals surface area contributed by atoms with Gasteiger partial charge >= 0.3 is 12.1 Å². The molecule has 0 rings (SSSR count). The zero-order chi connectivity index (χ0) is 12.3. The fraction of sp³-hybridized carbons (Fsp3) is 0.714. The normalized spacial score (nSPS) is 15.5. The van der Waals surface area contributed by atoms with E-state index < -0.39 is 36.6 Å². The first kappa shape index (κ1) is 13.7. The summed E-state index contributed by atoms with van der Waals surface area (Å²) in [6, 6.07) is 0. The maximum absolute atomic E-state index is 12.2. The number of hydrogen-bond donors (Lipinski definition) is 3. The van der Waals surface area contributed by atoms with Crippen molar-refractivity contribution in [2.24, 2.45) is 5.73 Å². The fourth-order valence-electron chi connectivity index (χ4n) is 0.595. The van der Waals surface area contributed by atoms with Gasteiger partial charge < -0.3 is 16.2 Å². The summed E-state index contributed by atoms with van der Waals surface area (Å²) in [6.07, 6.45) is -5.33. The van der Waals surface area contributed by atoms with Gasteiger partial charge in [0.15, 0.2) is 5.54 Å². The second-order valence-electron chi connectivity index (χ2n) is 3.10. The van der Waals surface area contributed by atoms with Gasteiger partial charge in [0.1, 0.15) is 0 Å². The molecule has 1 atom stereocenters. The molecule has 0 aromatic rings. The lowest BCUT2D eigenvalue weighted by Gasteiger charge is -2.25. The number of rotatable bonds is 4. The van der Waals surface area contributed by atoms with Crippen LogP contribution in [0.4, 0.5) is 13.2 Å². The molecular weight excluding hydrogens is 217 g/mol. The summed E-state index contributed by atoms with van der Waals surface area (Å²) in [4.78, 5) is 21.0. The van der Waals surface area contributed by atoms with Crippen molar-refractivity contribution < 1.29 is 27.9 Å². The lowest BCUT2D eigenvalue weighted by molar-refractivity contribution is -0.187. The van der Waals surface area contributed by atoms with E-state index in [0.29, 0.717) is 6.92 Å². The molecule has 15 heavy (non-hydrogen) atoms. The summed E-state index contributed by atoms with van der Waals surface area (Å²) >= 11 is 0. The predicted molar refractivity (Wildman–Crippen MR) is 43.9 cm³/mol. The van der Waals surface area contributed by atoms with Gasteiger partial charge in [0, 0.05) is 6.54 Å². The molecular formula is C7H11F3N2O3. The van der Waals surface area contributed by atoms with Crippen molar-refractivity contribution in [3.05, 3.63) is 0 Å². The molecule has 0 fully saturated rings. The summed E-state index contributed by atoms with van der Waals surface area (Å²) in [7, 11) is 0. The van der Waals surface area contributed by atoms with Crippen molar-refractivity contribution in [3.8, 4) is 0 Å². The van der Waals surface area contributed by atoms with Crippen LogP contribution in [0.3, 0.4) is 0 Å². The Labute approximate surface area is 83.4 Å². The highest BCUT2D eigenvalue weighted by Gasteiger charge is 2.53. The van der Waals surface area contributed by atoms with Crippen molar-refractivity contribution in [2.75, 3.05) is 6.54 Å². The standard InChI is InChI=1S/C7H11F3N2O3/c1-6(11,7(8,9)10)5(15)12-3-2-4(13)14/h2-3,11H2,1H3,(H,12,15)(H,13,14). The van der Waals surface area contributed by atoms with Gasteiger partial charge in [0.2, 0.25) is 5.91 Å². The molecule has 4 N–H and O–H groups in total. The van der Waals surface area contributed by atoms with Gasteiger partial charge in [0.05, 0.1) is 6.42 Å². The van der Waals surface area contributed by atoms with Gasteiger partial charge in [-0.25, -0.2) is 0 Å². The molecule has 0 saturated heterocycles. The second kappa shape index (κ2) is 4.47. The quantitative estimate of drug-likeness (QED) is 0.624. The number of carboxylic acids is 1. The number of nitrogens with two attached hydrogens (primary N) is 1. The van der Waals surface area contributed by atoms with E-state index in [1.807, 2.05) is 0 Å². The number of carboxylic acid groups (broad SMARTS) is 1. The molecule has 8 heteroatoms. The van der Waals surface area contributed by atoms with Crippen LogP contribution in [0.15, 0.2) is 0 Å². The molecule has 0 aromatic carbocycles. The first-order chi connectivity index (χ1) is 6.59. The third-order valence-electron chi connectivity index (χ3n) is 1.68. The van der Waals surface area contributed by atoms with Crippen molar-refractivity contribution in [1.82, 2.24) is 5.32 Å². The summed E-state index contributed by atoms with van der Waals surface area (Å²) in [5.41, 5.74) is 1.76. The van der Waals surface area contributed by atoms with Crippen molar-refractivity contribution in [3.63, 3.8) is 0 Å². The number of alkyl halides is 3. The minimum atomic E-state index is -4.87. The van der Waals surface area contributed by atoms with Gasteiger partial charge in [-0.15, -0.1) is 0 Å². The number of carbonyl (C=O) groups excluding carboxylic acids is 1. The van der Waals surface area contributed by atoms with Crippen LogP contribution in [0.5, 0.6) is 0 Å². The number of carbonyl (C=O) groups is 2. The average Bonchev–Trinajstić information content (AvgIpc) is 2.01.